The summed E-state index contributed by atoms with van der Waals surface area (Å²) in [6.07, 6.45) is -1.12. The molecule has 4 nitrogen and oxygen atoms in total. The number of hydrogen-bond acceptors (Lipinski definition) is 3. The minimum Gasteiger partial charge on any atom is -0.388 e. The van der Waals surface area contributed by atoms with Gasteiger partial charge >= 0.3 is 0 Å². The average molecular weight is 469 g/mol. The lowest BCUT2D eigenvalue weighted by Crippen LogP contribution is -2.58. The fourth-order valence-corrected chi connectivity index (χ4v) is 4.50. The first-order valence-corrected chi connectivity index (χ1v) is 11.0. The standard InChI is InChI=1S/C25H22ClFN2O2S/c1-16(17-5-3-2-4-6-17)28-15-22(23(30)18-7-11-20(27)12-8-18)24(31)29(25(28)32)21-13-9-19(26)10-14-21/h2-14,16,22-23,30H,15H2,1H3/t16-,22-,23-/m0/s1. The zero-order chi connectivity index (χ0) is 22.8. The smallest absolute Gasteiger partial charge is 0.241 e. The third-order valence-electron chi connectivity index (χ3n) is 5.79. The van der Waals surface area contributed by atoms with Gasteiger partial charge in [0.15, 0.2) is 5.11 Å². The van der Waals surface area contributed by atoms with E-state index in [4.69, 9.17) is 23.8 Å². The molecule has 0 bridgehead atoms. The fraction of sp³-hybridized carbons (Fsp3) is 0.200. The van der Waals surface area contributed by atoms with Crippen molar-refractivity contribution in [3.8, 4) is 0 Å². The molecule has 1 fully saturated rings. The molecule has 32 heavy (non-hydrogen) atoms. The second-order valence-electron chi connectivity index (χ2n) is 7.77. The van der Waals surface area contributed by atoms with Gasteiger partial charge in [-0.1, -0.05) is 54.1 Å². The van der Waals surface area contributed by atoms with Crippen molar-refractivity contribution >= 4 is 40.5 Å². The zero-order valence-corrected chi connectivity index (χ0v) is 18.9. The highest BCUT2D eigenvalue weighted by molar-refractivity contribution is 7.80. The van der Waals surface area contributed by atoms with E-state index >= 15 is 0 Å². The second kappa shape index (κ2) is 9.36. The number of amides is 1. The van der Waals surface area contributed by atoms with E-state index in [9.17, 15) is 14.3 Å². The van der Waals surface area contributed by atoms with Crippen LogP contribution in [-0.4, -0.2) is 27.6 Å². The molecular weight excluding hydrogens is 447 g/mol. The van der Waals surface area contributed by atoms with E-state index in [1.807, 2.05) is 42.2 Å². The van der Waals surface area contributed by atoms with Gasteiger partial charge in [0, 0.05) is 11.6 Å². The Balaban J connectivity index is 1.74. The van der Waals surface area contributed by atoms with Crippen LogP contribution in [0.5, 0.6) is 0 Å². The van der Waals surface area contributed by atoms with Crippen LogP contribution >= 0.6 is 23.8 Å². The Kier molecular flexibility index (Phi) is 6.55. The Bertz CT molecular complexity index is 1110. The van der Waals surface area contributed by atoms with Crippen molar-refractivity contribution in [2.24, 2.45) is 5.92 Å². The molecule has 3 aromatic rings. The monoisotopic (exact) mass is 468 g/mol. The lowest BCUT2D eigenvalue weighted by molar-refractivity contribution is -0.127. The minimum atomic E-state index is -1.12. The highest BCUT2D eigenvalue weighted by atomic mass is 35.5. The van der Waals surface area contributed by atoms with E-state index in [2.05, 4.69) is 0 Å². The highest BCUT2D eigenvalue weighted by Gasteiger charge is 2.43. The summed E-state index contributed by atoms with van der Waals surface area (Å²) >= 11 is 11.8. The largest absolute Gasteiger partial charge is 0.388 e. The Hall–Kier alpha value is -2.80. The summed E-state index contributed by atoms with van der Waals surface area (Å²) in [4.78, 5) is 16.9. The van der Waals surface area contributed by atoms with Gasteiger partial charge in [-0.2, -0.15) is 0 Å². The maximum atomic E-state index is 13.6. The van der Waals surface area contributed by atoms with Gasteiger partial charge in [0.25, 0.3) is 0 Å². The summed E-state index contributed by atoms with van der Waals surface area (Å²) in [6, 6.07) is 22.1. The summed E-state index contributed by atoms with van der Waals surface area (Å²) in [5.41, 5.74) is 2.09. The molecule has 1 heterocycles. The number of hydrogen-bond donors (Lipinski definition) is 1. The second-order valence-corrected chi connectivity index (χ2v) is 8.58. The zero-order valence-electron chi connectivity index (χ0n) is 17.4. The molecule has 1 amide bonds. The molecule has 1 N–H and O–H groups in total. The first-order chi connectivity index (χ1) is 15.4. The normalized spacial score (nSPS) is 18.6. The van der Waals surface area contributed by atoms with Crippen molar-refractivity contribution in [3.05, 3.63) is 101 Å². The predicted molar refractivity (Wildman–Crippen MR) is 128 cm³/mol. The van der Waals surface area contributed by atoms with Crippen molar-refractivity contribution in [1.82, 2.24) is 4.90 Å². The van der Waals surface area contributed by atoms with Gasteiger partial charge in [0.05, 0.1) is 23.8 Å². The molecule has 1 aliphatic rings. The van der Waals surface area contributed by atoms with Gasteiger partial charge in [0.2, 0.25) is 5.91 Å². The van der Waals surface area contributed by atoms with Gasteiger partial charge < -0.3 is 10.0 Å². The van der Waals surface area contributed by atoms with Crippen LogP contribution in [0.4, 0.5) is 10.1 Å². The molecular formula is C25H22ClFN2O2S. The van der Waals surface area contributed by atoms with E-state index in [0.29, 0.717) is 21.4 Å². The van der Waals surface area contributed by atoms with Crippen LogP contribution in [-0.2, 0) is 4.79 Å². The van der Waals surface area contributed by atoms with Gasteiger partial charge in [-0.3, -0.25) is 9.69 Å². The third-order valence-corrected chi connectivity index (χ3v) is 6.46. The number of carbonyl (C=O) groups is 1. The lowest BCUT2D eigenvalue weighted by atomic mass is 9.91. The molecule has 3 atom stereocenters. The van der Waals surface area contributed by atoms with E-state index < -0.39 is 17.8 Å². The molecule has 0 aliphatic carbocycles. The summed E-state index contributed by atoms with van der Waals surface area (Å²) < 4.78 is 13.4. The van der Waals surface area contributed by atoms with Gasteiger partial charge in [0.1, 0.15) is 5.82 Å². The quantitative estimate of drug-likeness (QED) is 0.500. The maximum Gasteiger partial charge on any atom is 0.241 e. The summed E-state index contributed by atoms with van der Waals surface area (Å²) in [5.74, 6) is -1.51. The molecule has 0 saturated carbocycles. The molecule has 1 saturated heterocycles. The van der Waals surface area contributed by atoms with Crippen molar-refractivity contribution < 1.29 is 14.3 Å². The third kappa shape index (κ3) is 4.39. The molecule has 164 valence electrons. The first-order valence-electron chi connectivity index (χ1n) is 10.3. The van der Waals surface area contributed by atoms with Gasteiger partial charge in [-0.05, 0) is 66.7 Å². The average Bonchev–Trinajstić information content (AvgIpc) is 2.81. The van der Waals surface area contributed by atoms with Crippen LogP contribution in [0.1, 0.15) is 30.2 Å². The number of aliphatic hydroxyl groups is 1. The van der Waals surface area contributed by atoms with Gasteiger partial charge in [-0.25, -0.2) is 4.39 Å². The fourth-order valence-electron chi connectivity index (χ4n) is 3.95. The summed E-state index contributed by atoms with van der Waals surface area (Å²) in [5, 5.41) is 12.0. The van der Waals surface area contributed by atoms with Crippen LogP contribution in [0.2, 0.25) is 5.02 Å². The highest BCUT2D eigenvalue weighted by Crippen LogP contribution is 2.35. The molecule has 3 aromatic carbocycles. The molecule has 0 radical (unpaired) electrons. The van der Waals surface area contributed by atoms with Gasteiger partial charge in [-0.15, -0.1) is 0 Å². The number of aliphatic hydroxyl groups excluding tert-OH is 1. The molecule has 4 rings (SSSR count). The molecule has 1 aliphatic heterocycles. The number of nitrogens with zero attached hydrogens (tertiary/aromatic N) is 2. The summed E-state index contributed by atoms with van der Waals surface area (Å²) in [7, 11) is 0. The Morgan fingerprint density at radius 1 is 1.00 bits per heavy atom. The van der Waals surface area contributed by atoms with E-state index in [-0.39, 0.29) is 18.5 Å². The van der Waals surface area contributed by atoms with E-state index in [1.165, 1.54) is 29.2 Å². The molecule has 7 heteroatoms. The number of rotatable bonds is 5. The molecule has 0 aromatic heterocycles. The Morgan fingerprint density at radius 3 is 2.25 bits per heavy atom. The maximum absolute atomic E-state index is 13.6. The van der Waals surface area contributed by atoms with Crippen LogP contribution in [0.3, 0.4) is 0 Å². The number of halogens is 2. The number of benzene rings is 3. The predicted octanol–water partition coefficient (Wildman–Crippen LogP) is 5.52. The lowest BCUT2D eigenvalue weighted by Gasteiger charge is -2.45. The Morgan fingerprint density at radius 2 is 1.62 bits per heavy atom. The van der Waals surface area contributed by atoms with E-state index in [0.717, 1.165) is 5.56 Å². The van der Waals surface area contributed by atoms with Crippen molar-refractivity contribution in [2.75, 3.05) is 11.4 Å². The van der Waals surface area contributed by atoms with Crippen LogP contribution in [0.25, 0.3) is 0 Å². The Labute approximate surface area is 196 Å². The topological polar surface area (TPSA) is 43.8 Å². The van der Waals surface area contributed by atoms with Crippen molar-refractivity contribution in [1.29, 1.82) is 0 Å². The van der Waals surface area contributed by atoms with Crippen LogP contribution in [0, 0.1) is 11.7 Å². The SMILES string of the molecule is C[C@@H](c1ccccc1)N1C[C@@H]([C@@H](O)c2ccc(F)cc2)C(=O)N(c2ccc(Cl)cc2)C1=S. The minimum absolute atomic E-state index is 0.130. The van der Waals surface area contributed by atoms with Crippen LogP contribution < -0.4 is 4.90 Å². The molecule has 0 spiro atoms. The molecule has 0 unspecified atom stereocenters. The number of thiocarbonyl (C=S) groups is 1. The summed E-state index contributed by atoms with van der Waals surface area (Å²) in [6.45, 7) is 2.25. The van der Waals surface area contributed by atoms with Crippen molar-refractivity contribution in [2.45, 2.75) is 19.1 Å². The number of carbonyl (C=O) groups excluding carboxylic acids is 1. The van der Waals surface area contributed by atoms with E-state index in [1.54, 1.807) is 24.3 Å². The van der Waals surface area contributed by atoms with Crippen LogP contribution in [0.15, 0.2) is 78.9 Å². The first kappa shape index (κ1) is 22.4. The number of anilines is 1. The van der Waals surface area contributed by atoms with Crippen molar-refractivity contribution in [3.63, 3.8) is 0 Å².